The van der Waals surface area contributed by atoms with Gasteiger partial charge in [0.05, 0.1) is 5.02 Å². The third-order valence-electron chi connectivity index (χ3n) is 2.09. The van der Waals surface area contributed by atoms with Gasteiger partial charge in [-0.1, -0.05) is 27.5 Å². The summed E-state index contributed by atoms with van der Waals surface area (Å²) in [6, 6.07) is 9.26. The zero-order chi connectivity index (χ0) is 11.7. The molecule has 16 heavy (non-hydrogen) atoms. The van der Waals surface area contributed by atoms with E-state index >= 15 is 0 Å². The van der Waals surface area contributed by atoms with E-state index in [1.807, 2.05) is 0 Å². The monoisotopic (exact) mass is 301 g/mol. The van der Waals surface area contributed by atoms with Gasteiger partial charge in [0.15, 0.2) is 0 Å². The second-order valence-corrected chi connectivity index (χ2v) is 4.43. The first kappa shape index (κ1) is 11.6. The van der Waals surface area contributed by atoms with Crippen molar-refractivity contribution in [2.75, 3.05) is 0 Å². The van der Waals surface area contributed by atoms with Crippen LogP contribution in [0.5, 0.6) is 0 Å². The minimum Gasteiger partial charge on any atom is -0.207 e. The van der Waals surface area contributed by atoms with Gasteiger partial charge in [0.1, 0.15) is 11.6 Å². The molecule has 0 spiro atoms. The Morgan fingerprint density at radius 3 is 2.56 bits per heavy atom. The van der Waals surface area contributed by atoms with Crippen LogP contribution in [0.15, 0.2) is 34.8 Å². The molecule has 0 aliphatic carbocycles. The van der Waals surface area contributed by atoms with Gasteiger partial charge in [-0.2, -0.15) is 0 Å². The number of rotatable bonds is 1. The Morgan fingerprint density at radius 1 is 1.12 bits per heavy atom. The minimum atomic E-state index is -0.448. The van der Waals surface area contributed by atoms with Gasteiger partial charge >= 0.3 is 0 Å². The van der Waals surface area contributed by atoms with Gasteiger partial charge in [-0.25, -0.2) is 8.78 Å². The Kier molecular flexibility index (Phi) is 3.26. The average molecular weight is 303 g/mol. The molecule has 81 valence electrons. The number of halogens is 4. The zero-order valence-electron chi connectivity index (χ0n) is 7.90. The molecule has 0 atom stereocenters. The maximum Gasteiger partial charge on any atom is 0.131 e. The topological polar surface area (TPSA) is 0 Å². The summed E-state index contributed by atoms with van der Waals surface area (Å²) < 4.78 is 27.0. The molecular weight excluding hydrogens is 297 g/mol. The van der Waals surface area contributed by atoms with Crippen LogP contribution in [0, 0.1) is 17.7 Å². The molecule has 0 unspecified atom stereocenters. The third kappa shape index (κ3) is 2.25. The lowest BCUT2D eigenvalue weighted by molar-refractivity contribution is 0.625. The highest BCUT2D eigenvalue weighted by Crippen LogP contribution is 2.31. The minimum absolute atomic E-state index is 0.178. The van der Waals surface area contributed by atoms with Crippen LogP contribution < -0.4 is 0 Å². The molecule has 4 heteroatoms. The third-order valence-corrected chi connectivity index (χ3v) is 2.86. The van der Waals surface area contributed by atoms with Crippen molar-refractivity contribution in [2.45, 2.75) is 0 Å². The first-order valence-electron chi connectivity index (χ1n) is 4.40. The average Bonchev–Trinajstić information content (AvgIpc) is 2.22. The molecule has 0 saturated heterocycles. The van der Waals surface area contributed by atoms with Gasteiger partial charge in [-0.05, 0) is 30.3 Å². The normalized spacial score (nSPS) is 10.5. The summed E-state index contributed by atoms with van der Waals surface area (Å²) in [5, 5.41) is 0.178. The molecule has 0 bridgehead atoms. The van der Waals surface area contributed by atoms with E-state index in [0.29, 0.717) is 15.6 Å². The smallest absolute Gasteiger partial charge is 0.131 e. The highest BCUT2D eigenvalue weighted by atomic mass is 79.9. The summed E-state index contributed by atoms with van der Waals surface area (Å²) >= 11 is 9.05. The molecule has 0 heterocycles. The van der Waals surface area contributed by atoms with Gasteiger partial charge in [0.25, 0.3) is 0 Å². The Hall–Kier alpha value is -0.930. The summed E-state index contributed by atoms with van der Waals surface area (Å²) in [5.41, 5.74) is 0.769. The first-order valence-corrected chi connectivity index (χ1v) is 5.57. The Morgan fingerprint density at radius 2 is 1.88 bits per heavy atom. The van der Waals surface area contributed by atoms with Crippen LogP contribution in [0.3, 0.4) is 0 Å². The van der Waals surface area contributed by atoms with E-state index in [2.05, 4.69) is 22.0 Å². The molecule has 0 aliphatic rings. The molecule has 2 rings (SSSR count). The highest BCUT2D eigenvalue weighted by molar-refractivity contribution is 9.10. The maximum absolute atomic E-state index is 13.5. The van der Waals surface area contributed by atoms with Crippen molar-refractivity contribution in [1.82, 2.24) is 0 Å². The largest absolute Gasteiger partial charge is 0.207 e. The van der Waals surface area contributed by atoms with Crippen molar-refractivity contribution in [3.8, 4) is 11.1 Å². The van der Waals surface area contributed by atoms with Gasteiger partial charge in [0, 0.05) is 21.7 Å². The van der Waals surface area contributed by atoms with Crippen LogP contribution in [0.4, 0.5) is 8.78 Å². The van der Waals surface area contributed by atoms with Crippen LogP contribution in [-0.2, 0) is 0 Å². The molecule has 0 N–H and O–H groups in total. The van der Waals surface area contributed by atoms with Crippen molar-refractivity contribution < 1.29 is 8.78 Å². The first-order chi connectivity index (χ1) is 7.58. The van der Waals surface area contributed by atoms with E-state index in [4.69, 9.17) is 11.6 Å². The number of hydrogen-bond acceptors (Lipinski definition) is 0. The van der Waals surface area contributed by atoms with Crippen molar-refractivity contribution in [2.24, 2.45) is 0 Å². The molecule has 0 saturated carbocycles. The number of hydrogen-bond donors (Lipinski definition) is 0. The van der Waals surface area contributed by atoms with Crippen LogP contribution in [0.2, 0.25) is 5.02 Å². The molecule has 0 aromatic heterocycles. The van der Waals surface area contributed by atoms with Gasteiger partial charge < -0.3 is 0 Å². The van der Waals surface area contributed by atoms with Crippen LogP contribution >= 0.6 is 27.5 Å². The molecule has 0 fully saturated rings. The van der Waals surface area contributed by atoms with Gasteiger partial charge in [-0.15, -0.1) is 0 Å². The molecule has 0 aliphatic heterocycles. The lowest BCUT2D eigenvalue weighted by Gasteiger charge is -2.06. The van der Waals surface area contributed by atoms with Crippen molar-refractivity contribution in [3.63, 3.8) is 0 Å². The Bertz CT molecular complexity index is 541. The summed E-state index contributed by atoms with van der Waals surface area (Å²) in [5.74, 6) is -0.896. The molecule has 2 aromatic rings. The van der Waals surface area contributed by atoms with E-state index in [1.54, 1.807) is 6.07 Å². The van der Waals surface area contributed by atoms with E-state index in [0.717, 1.165) is 6.07 Å². The summed E-state index contributed by atoms with van der Waals surface area (Å²) in [6.07, 6.45) is 0. The summed E-state index contributed by atoms with van der Waals surface area (Å²) in [4.78, 5) is 0. The molecular formula is C12H5BrClF2. The van der Waals surface area contributed by atoms with Crippen LogP contribution in [0.25, 0.3) is 11.1 Å². The lowest BCUT2D eigenvalue weighted by Crippen LogP contribution is -1.87. The standard InChI is InChI=1S/C12H5BrClF2/c13-7-1-4-12(16)10(5-7)9-3-2-8(15)6-11(9)14/h2-6H. The summed E-state index contributed by atoms with van der Waals surface area (Å²) in [7, 11) is 0. The van der Waals surface area contributed by atoms with E-state index in [1.165, 1.54) is 18.2 Å². The summed E-state index contributed by atoms with van der Waals surface area (Å²) in [6.45, 7) is 0. The predicted octanol–water partition coefficient (Wildman–Crippen LogP) is 4.85. The van der Waals surface area contributed by atoms with Crippen LogP contribution in [-0.4, -0.2) is 0 Å². The predicted molar refractivity (Wildman–Crippen MR) is 63.3 cm³/mol. The second kappa shape index (κ2) is 4.52. The fourth-order valence-corrected chi connectivity index (χ4v) is 1.97. The van der Waals surface area contributed by atoms with Gasteiger partial charge in [-0.3, -0.25) is 0 Å². The molecule has 0 amide bonds. The molecule has 2 aromatic carbocycles. The molecule has 0 nitrogen and oxygen atoms in total. The quantitative estimate of drug-likeness (QED) is 0.706. The highest BCUT2D eigenvalue weighted by Gasteiger charge is 2.10. The Labute approximate surface area is 105 Å². The maximum atomic E-state index is 13.5. The SMILES string of the molecule is Fc1ccc(-c2cc(Br)[c]cc2F)c(Cl)c1. The van der Waals surface area contributed by atoms with Crippen LogP contribution in [0.1, 0.15) is 0 Å². The van der Waals surface area contributed by atoms with E-state index in [-0.39, 0.29) is 5.02 Å². The lowest BCUT2D eigenvalue weighted by atomic mass is 10.1. The van der Waals surface area contributed by atoms with E-state index < -0.39 is 11.6 Å². The fraction of sp³-hybridized carbons (Fsp3) is 0. The fourth-order valence-electron chi connectivity index (χ4n) is 1.36. The zero-order valence-corrected chi connectivity index (χ0v) is 10.2. The van der Waals surface area contributed by atoms with E-state index in [9.17, 15) is 8.78 Å². The number of benzene rings is 2. The molecule has 1 radical (unpaired) electrons. The van der Waals surface area contributed by atoms with Crippen molar-refractivity contribution >= 4 is 27.5 Å². The Balaban J connectivity index is 2.62. The van der Waals surface area contributed by atoms with Crippen molar-refractivity contribution in [1.29, 1.82) is 0 Å². The second-order valence-electron chi connectivity index (χ2n) is 3.17. The van der Waals surface area contributed by atoms with Gasteiger partial charge in [0.2, 0.25) is 0 Å². The van der Waals surface area contributed by atoms with Crippen molar-refractivity contribution in [3.05, 3.63) is 57.5 Å².